The lowest BCUT2D eigenvalue weighted by Gasteiger charge is -2.05. The standard InChI is InChI=1S/C17H15FN4O4S/c1-10-12(5-6-26-10)16-20-21-17(27-9-15(23)24)22(16)19-8-11-3-4-14(25-2)13(18)7-11/h3-8H,9H2,1-2H3,(H,23,24)/p-1/b19-8-. The van der Waals surface area contributed by atoms with Gasteiger partial charge in [-0.25, -0.2) is 4.39 Å². The van der Waals surface area contributed by atoms with Crippen LogP contribution < -0.4 is 9.84 Å². The Morgan fingerprint density at radius 2 is 2.26 bits per heavy atom. The predicted octanol–water partition coefficient (Wildman–Crippen LogP) is 1.72. The number of carboxylic acid groups (broad SMARTS) is 1. The topological polar surface area (TPSA) is 106 Å². The monoisotopic (exact) mass is 389 g/mol. The van der Waals surface area contributed by atoms with Gasteiger partial charge in [-0.05, 0) is 36.8 Å². The highest BCUT2D eigenvalue weighted by Gasteiger charge is 2.17. The number of aryl methyl sites for hydroxylation is 1. The molecule has 0 bridgehead atoms. The van der Waals surface area contributed by atoms with Gasteiger partial charge in [-0.15, -0.1) is 10.2 Å². The van der Waals surface area contributed by atoms with E-state index in [1.54, 1.807) is 19.1 Å². The average molecular weight is 389 g/mol. The summed E-state index contributed by atoms with van der Waals surface area (Å²) in [7, 11) is 1.38. The lowest BCUT2D eigenvalue weighted by molar-refractivity contribution is -0.301. The van der Waals surface area contributed by atoms with Gasteiger partial charge in [-0.1, -0.05) is 11.8 Å². The molecule has 0 aliphatic heterocycles. The minimum absolute atomic E-state index is 0.122. The maximum Gasteiger partial charge on any atom is 0.212 e. The number of rotatable bonds is 7. The molecule has 0 spiro atoms. The van der Waals surface area contributed by atoms with E-state index in [2.05, 4.69) is 15.3 Å². The highest BCUT2D eigenvalue weighted by Crippen LogP contribution is 2.27. The molecule has 140 valence electrons. The summed E-state index contributed by atoms with van der Waals surface area (Å²) < 4.78 is 25.4. The zero-order valence-corrected chi connectivity index (χ0v) is 15.2. The number of carboxylic acids is 1. The van der Waals surface area contributed by atoms with Crippen LogP contribution in [0.1, 0.15) is 11.3 Å². The summed E-state index contributed by atoms with van der Waals surface area (Å²) in [5, 5.41) is 23.3. The van der Waals surface area contributed by atoms with Crippen molar-refractivity contribution in [3.63, 3.8) is 0 Å². The Bertz CT molecular complexity index is 999. The van der Waals surface area contributed by atoms with Crippen molar-refractivity contribution in [2.75, 3.05) is 12.9 Å². The van der Waals surface area contributed by atoms with Crippen LogP contribution in [0.2, 0.25) is 0 Å². The summed E-state index contributed by atoms with van der Waals surface area (Å²) >= 11 is 0.912. The van der Waals surface area contributed by atoms with Gasteiger partial charge in [0.2, 0.25) is 5.16 Å². The number of nitrogens with zero attached hydrogens (tertiary/aromatic N) is 4. The third kappa shape index (κ3) is 4.17. The molecule has 2 heterocycles. The SMILES string of the molecule is COc1ccc(/C=N\n2c(SCC(=O)[O-])nnc2-c2ccoc2C)cc1F. The van der Waals surface area contributed by atoms with Crippen LogP contribution in [-0.4, -0.2) is 39.9 Å². The van der Waals surface area contributed by atoms with Gasteiger partial charge in [0.05, 0.1) is 31.1 Å². The second-order valence-corrected chi connectivity index (χ2v) is 6.25. The number of furan rings is 1. The number of hydrogen-bond donors (Lipinski definition) is 0. The predicted molar refractivity (Wildman–Crippen MR) is 94.1 cm³/mol. The van der Waals surface area contributed by atoms with Crippen molar-refractivity contribution in [1.82, 2.24) is 14.9 Å². The number of hydrogen-bond acceptors (Lipinski definition) is 8. The molecular weight excluding hydrogens is 375 g/mol. The first-order valence-electron chi connectivity index (χ1n) is 7.70. The van der Waals surface area contributed by atoms with E-state index >= 15 is 0 Å². The molecule has 3 rings (SSSR count). The summed E-state index contributed by atoms with van der Waals surface area (Å²) in [5.41, 5.74) is 1.13. The Hall–Kier alpha value is -3.14. The fraction of sp³-hybridized carbons (Fsp3) is 0.176. The van der Waals surface area contributed by atoms with Crippen LogP contribution in [0.25, 0.3) is 11.4 Å². The van der Waals surface area contributed by atoms with E-state index in [1.807, 2.05) is 0 Å². The normalized spacial score (nSPS) is 11.2. The van der Waals surface area contributed by atoms with Crippen molar-refractivity contribution in [2.24, 2.45) is 5.10 Å². The molecule has 0 N–H and O–H groups in total. The largest absolute Gasteiger partial charge is 0.549 e. The third-order valence-electron chi connectivity index (χ3n) is 3.53. The van der Waals surface area contributed by atoms with Crippen LogP contribution in [0.4, 0.5) is 4.39 Å². The van der Waals surface area contributed by atoms with E-state index in [9.17, 15) is 14.3 Å². The van der Waals surface area contributed by atoms with Crippen molar-refractivity contribution in [3.8, 4) is 17.1 Å². The highest BCUT2D eigenvalue weighted by molar-refractivity contribution is 7.99. The molecule has 0 atom stereocenters. The van der Waals surface area contributed by atoms with Crippen molar-refractivity contribution in [3.05, 3.63) is 47.7 Å². The second-order valence-electron chi connectivity index (χ2n) is 5.31. The van der Waals surface area contributed by atoms with E-state index in [4.69, 9.17) is 9.15 Å². The molecule has 0 unspecified atom stereocenters. The van der Waals surface area contributed by atoms with Crippen molar-refractivity contribution < 1.29 is 23.4 Å². The fourth-order valence-corrected chi connectivity index (χ4v) is 2.86. The molecule has 8 nitrogen and oxygen atoms in total. The zero-order valence-electron chi connectivity index (χ0n) is 14.4. The molecule has 0 saturated carbocycles. The highest BCUT2D eigenvalue weighted by atomic mass is 32.2. The molecule has 0 saturated heterocycles. The van der Waals surface area contributed by atoms with Crippen molar-refractivity contribution in [1.29, 1.82) is 0 Å². The maximum absolute atomic E-state index is 13.9. The maximum atomic E-state index is 13.9. The second kappa shape index (κ2) is 8.04. The fourth-order valence-electron chi connectivity index (χ4n) is 2.26. The summed E-state index contributed by atoms with van der Waals surface area (Å²) in [6, 6.07) is 6.08. The molecule has 0 radical (unpaired) electrons. The van der Waals surface area contributed by atoms with Crippen LogP contribution in [0.3, 0.4) is 0 Å². The van der Waals surface area contributed by atoms with Crippen LogP contribution in [-0.2, 0) is 4.79 Å². The van der Waals surface area contributed by atoms with Crippen molar-refractivity contribution in [2.45, 2.75) is 12.1 Å². The number of aromatic nitrogens is 3. The number of methoxy groups -OCH3 is 1. The third-order valence-corrected chi connectivity index (χ3v) is 4.42. The Morgan fingerprint density at radius 1 is 1.44 bits per heavy atom. The molecule has 3 aromatic rings. The molecule has 0 aliphatic carbocycles. The lowest BCUT2D eigenvalue weighted by atomic mass is 10.2. The van der Waals surface area contributed by atoms with E-state index in [0.29, 0.717) is 22.7 Å². The van der Waals surface area contributed by atoms with Gasteiger partial charge in [0.15, 0.2) is 17.4 Å². The molecule has 0 amide bonds. The number of halogens is 1. The number of aliphatic carboxylic acids is 1. The van der Waals surface area contributed by atoms with Gasteiger partial charge in [0.25, 0.3) is 0 Å². The van der Waals surface area contributed by atoms with E-state index in [0.717, 1.165) is 11.8 Å². The zero-order chi connectivity index (χ0) is 19.4. The minimum Gasteiger partial charge on any atom is -0.549 e. The number of carbonyl (C=O) groups is 1. The number of thioether (sulfide) groups is 1. The molecule has 0 aliphatic rings. The summed E-state index contributed by atoms with van der Waals surface area (Å²) in [5.74, 6) is -0.983. The molecule has 1 aromatic carbocycles. The van der Waals surface area contributed by atoms with Gasteiger partial charge in [-0.2, -0.15) is 9.78 Å². The van der Waals surface area contributed by atoms with E-state index < -0.39 is 11.8 Å². The van der Waals surface area contributed by atoms with E-state index in [1.165, 1.54) is 36.4 Å². The van der Waals surface area contributed by atoms with Crippen LogP contribution >= 0.6 is 11.8 Å². The Labute approximate surface area is 157 Å². The Kier molecular flexibility index (Phi) is 5.55. The molecule has 0 fully saturated rings. The number of carbonyl (C=O) groups excluding carboxylic acids is 1. The average Bonchev–Trinajstić information content (AvgIpc) is 3.23. The lowest BCUT2D eigenvalue weighted by Crippen LogP contribution is -2.24. The summed E-state index contributed by atoms with van der Waals surface area (Å²) in [6.45, 7) is 1.75. The van der Waals surface area contributed by atoms with Crippen LogP contribution in [0.5, 0.6) is 5.75 Å². The van der Waals surface area contributed by atoms with Crippen molar-refractivity contribution >= 4 is 23.9 Å². The quantitative estimate of drug-likeness (QED) is 0.447. The van der Waals surface area contributed by atoms with Gasteiger partial charge < -0.3 is 19.1 Å². The summed E-state index contributed by atoms with van der Waals surface area (Å²) in [6.07, 6.45) is 2.91. The number of ether oxygens (including phenoxy) is 1. The smallest absolute Gasteiger partial charge is 0.212 e. The Morgan fingerprint density at radius 3 is 2.89 bits per heavy atom. The minimum atomic E-state index is -1.24. The van der Waals surface area contributed by atoms with Gasteiger partial charge in [0, 0.05) is 5.75 Å². The molecule has 27 heavy (non-hydrogen) atoms. The van der Waals surface area contributed by atoms with Crippen LogP contribution in [0.15, 0.2) is 45.2 Å². The number of benzene rings is 1. The molecular formula is C17H14FN4O4S-. The molecule has 2 aromatic heterocycles. The first-order valence-corrected chi connectivity index (χ1v) is 8.68. The first-order chi connectivity index (χ1) is 13.0. The van der Waals surface area contributed by atoms with Gasteiger partial charge in [0.1, 0.15) is 5.76 Å². The summed E-state index contributed by atoms with van der Waals surface area (Å²) in [4.78, 5) is 10.8. The van der Waals surface area contributed by atoms with Gasteiger partial charge in [-0.3, -0.25) is 0 Å². The van der Waals surface area contributed by atoms with E-state index in [-0.39, 0.29) is 16.7 Å². The first kappa shape index (κ1) is 18.6. The van der Waals surface area contributed by atoms with Crippen LogP contribution in [0, 0.1) is 12.7 Å². The van der Waals surface area contributed by atoms with Gasteiger partial charge >= 0.3 is 0 Å². The Balaban J connectivity index is 1.98. The molecule has 10 heteroatoms.